The van der Waals surface area contributed by atoms with Crippen LogP contribution in [0.4, 0.5) is 0 Å². The standard InChI is InChI=1S/C30H36N4O3/c1-5-18(4)25(29(36)31-15-14-17(2)3)33-28(35)24-16-22-19-10-8-9-13-23(19)32-26(22)27-20-11-6-7-12-21(20)30(37)34(24)27/h6-13,17-18,24-25,27,32H,5,14-16H2,1-4H3,(H,31,36)(H,33,35)/t18-,24-,25-,27-/m0/s1. The van der Waals surface area contributed by atoms with Gasteiger partial charge in [0.1, 0.15) is 12.1 Å². The molecular weight excluding hydrogens is 464 g/mol. The highest BCUT2D eigenvalue weighted by Crippen LogP contribution is 2.46. The van der Waals surface area contributed by atoms with E-state index in [1.807, 2.05) is 56.3 Å². The topological polar surface area (TPSA) is 94.3 Å². The Labute approximate surface area is 218 Å². The molecule has 2 aliphatic heterocycles. The van der Waals surface area contributed by atoms with Gasteiger partial charge in [0, 0.05) is 35.1 Å². The molecule has 194 valence electrons. The number of rotatable bonds is 8. The van der Waals surface area contributed by atoms with Crippen molar-refractivity contribution < 1.29 is 14.4 Å². The Kier molecular flexibility index (Phi) is 6.80. The summed E-state index contributed by atoms with van der Waals surface area (Å²) in [6.07, 6.45) is 2.02. The zero-order valence-corrected chi connectivity index (χ0v) is 22.0. The third-order valence-electron chi connectivity index (χ3n) is 7.97. The summed E-state index contributed by atoms with van der Waals surface area (Å²) < 4.78 is 0. The van der Waals surface area contributed by atoms with E-state index < -0.39 is 12.1 Å². The number of nitrogens with one attached hydrogen (secondary N) is 3. The van der Waals surface area contributed by atoms with Gasteiger partial charge < -0.3 is 20.5 Å². The Morgan fingerprint density at radius 3 is 2.57 bits per heavy atom. The Balaban J connectivity index is 1.49. The zero-order chi connectivity index (χ0) is 26.3. The molecule has 3 heterocycles. The first-order valence-corrected chi connectivity index (χ1v) is 13.4. The first-order chi connectivity index (χ1) is 17.8. The van der Waals surface area contributed by atoms with Gasteiger partial charge in [-0.15, -0.1) is 0 Å². The van der Waals surface area contributed by atoms with Gasteiger partial charge in [0.2, 0.25) is 11.8 Å². The lowest BCUT2D eigenvalue weighted by molar-refractivity contribution is -0.133. The van der Waals surface area contributed by atoms with Crippen LogP contribution in [-0.4, -0.2) is 46.2 Å². The fourth-order valence-electron chi connectivity index (χ4n) is 5.68. The Morgan fingerprint density at radius 2 is 1.81 bits per heavy atom. The van der Waals surface area contributed by atoms with Crippen molar-refractivity contribution in [2.45, 2.75) is 65.1 Å². The maximum Gasteiger partial charge on any atom is 0.255 e. The van der Waals surface area contributed by atoms with Crippen LogP contribution in [0.5, 0.6) is 0 Å². The Bertz CT molecular complexity index is 1340. The second kappa shape index (κ2) is 10.0. The number of para-hydroxylation sites is 1. The van der Waals surface area contributed by atoms with Gasteiger partial charge in [-0.05, 0) is 41.5 Å². The molecule has 5 rings (SSSR count). The average molecular weight is 501 g/mol. The van der Waals surface area contributed by atoms with Gasteiger partial charge in [-0.1, -0.05) is 70.5 Å². The molecule has 7 heteroatoms. The lowest BCUT2D eigenvalue weighted by Crippen LogP contribution is -2.58. The molecule has 0 saturated carbocycles. The highest BCUT2D eigenvalue weighted by molar-refractivity contribution is 6.04. The molecule has 0 fully saturated rings. The number of aromatic amines is 1. The van der Waals surface area contributed by atoms with Crippen molar-refractivity contribution in [1.82, 2.24) is 20.5 Å². The summed E-state index contributed by atoms with van der Waals surface area (Å²) in [7, 11) is 0. The van der Waals surface area contributed by atoms with Crippen LogP contribution in [0.1, 0.15) is 73.8 Å². The third kappa shape index (κ3) is 4.41. The van der Waals surface area contributed by atoms with Gasteiger partial charge in [-0.25, -0.2) is 0 Å². The van der Waals surface area contributed by atoms with Crippen molar-refractivity contribution in [3.8, 4) is 0 Å². The number of H-pyrrole nitrogens is 1. The van der Waals surface area contributed by atoms with E-state index >= 15 is 0 Å². The maximum atomic E-state index is 13.9. The minimum absolute atomic E-state index is 0.0440. The second-order valence-electron chi connectivity index (χ2n) is 10.8. The fraction of sp³-hybridized carbons (Fsp3) is 0.433. The van der Waals surface area contributed by atoms with E-state index in [4.69, 9.17) is 0 Å². The smallest absolute Gasteiger partial charge is 0.255 e. The molecule has 3 aromatic rings. The third-order valence-corrected chi connectivity index (χ3v) is 7.97. The lowest BCUT2D eigenvalue weighted by atomic mass is 9.89. The predicted molar refractivity (Wildman–Crippen MR) is 144 cm³/mol. The monoisotopic (exact) mass is 500 g/mol. The van der Waals surface area contributed by atoms with E-state index in [0.29, 0.717) is 24.4 Å². The lowest BCUT2D eigenvalue weighted by Gasteiger charge is -2.38. The molecule has 0 spiro atoms. The normalized spacial score (nSPS) is 19.8. The summed E-state index contributed by atoms with van der Waals surface area (Å²) in [5.74, 6) is -0.167. The summed E-state index contributed by atoms with van der Waals surface area (Å²) in [4.78, 5) is 45.9. The number of amides is 3. The summed E-state index contributed by atoms with van der Waals surface area (Å²) in [5.41, 5.74) is 4.55. The molecule has 37 heavy (non-hydrogen) atoms. The van der Waals surface area contributed by atoms with Gasteiger partial charge in [0.05, 0.1) is 6.04 Å². The van der Waals surface area contributed by atoms with Crippen molar-refractivity contribution in [2.75, 3.05) is 6.54 Å². The Hall–Kier alpha value is -3.61. The SMILES string of the molecule is CC[C@H](C)[C@H](NC(=O)[C@@H]1Cc2c([nH]c3ccccc23)[C@@H]2c3ccccc3C(=O)N21)C(=O)NCCC(C)C. The number of aromatic nitrogens is 1. The summed E-state index contributed by atoms with van der Waals surface area (Å²) in [6.45, 7) is 8.79. The van der Waals surface area contributed by atoms with Gasteiger partial charge in [0.15, 0.2) is 0 Å². The number of carbonyl (C=O) groups excluding carboxylic acids is 3. The van der Waals surface area contributed by atoms with Crippen molar-refractivity contribution in [3.63, 3.8) is 0 Å². The number of hydrogen-bond donors (Lipinski definition) is 3. The number of fused-ring (bicyclic) bond motifs is 7. The van der Waals surface area contributed by atoms with Crippen molar-refractivity contribution in [1.29, 1.82) is 0 Å². The molecule has 3 amide bonds. The molecular formula is C30H36N4O3. The molecule has 4 atom stereocenters. The van der Waals surface area contributed by atoms with Gasteiger partial charge in [-0.3, -0.25) is 14.4 Å². The van der Waals surface area contributed by atoms with Crippen molar-refractivity contribution in [3.05, 3.63) is 70.9 Å². The maximum absolute atomic E-state index is 13.9. The number of hydrogen-bond acceptors (Lipinski definition) is 3. The van der Waals surface area contributed by atoms with E-state index in [-0.39, 0.29) is 29.7 Å². The zero-order valence-electron chi connectivity index (χ0n) is 22.0. The van der Waals surface area contributed by atoms with Crippen LogP contribution in [0.25, 0.3) is 10.9 Å². The predicted octanol–water partition coefficient (Wildman–Crippen LogP) is 4.33. The van der Waals surface area contributed by atoms with Gasteiger partial charge in [0.25, 0.3) is 5.91 Å². The summed E-state index contributed by atoms with van der Waals surface area (Å²) in [6, 6.07) is 13.9. The quantitative estimate of drug-likeness (QED) is 0.430. The molecule has 0 unspecified atom stereocenters. The Morgan fingerprint density at radius 1 is 1.08 bits per heavy atom. The number of benzene rings is 2. The molecule has 2 aromatic carbocycles. The van der Waals surface area contributed by atoms with Crippen LogP contribution < -0.4 is 10.6 Å². The number of nitrogens with zero attached hydrogens (tertiary/aromatic N) is 1. The van der Waals surface area contributed by atoms with Crippen LogP contribution in [0, 0.1) is 11.8 Å². The molecule has 0 bridgehead atoms. The molecule has 7 nitrogen and oxygen atoms in total. The van der Waals surface area contributed by atoms with E-state index in [0.717, 1.165) is 40.6 Å². The largest absolute Gasteiger partial charge is 0.356 e. The molecule has 0 radical (unpaired) electrons. The second-order valence-corrected chi connectivity index (χ2v) is 10.8. The van der Waals surface area contributed by atoms with Crippen molar-refractivity contribution in [2.24, 2.45) is 11.8 Å². The van der Waals surface area contributed by atoms with E-state index in [1.54, 1.807) is 4.90 Å². The minimum Gasteiger partial charge on any atom is -0.356 e. The first kappa shape index (κ1) is 25.1. The molecule has 3 N–H and O–H groups in total. The van der Waals surface area contributed by atoms with Gasteiger partial charge >= 0.3 is 0 Å². The first-order valence-electron chi connectivity index (χ1n) is 13.4. The van der Waals surface area contributed by atoms with Crippen LogP contribution in [0.2, 0.25) is 0 Å². The van der Waals surface area contributed by atoms with Crippen LogP contribution in [-0.2, 0) is 16.0 Å². The summed E-state index contributed by atoms with van der Waals surface area (Å²) in [5, 5.41) is 7.12. The fourth-order valence-corrected chi connectivity index (χ4v) is 5.68. The van der Waals surface area contributed by atoms with E-state index in [2.05, 4.69) is 35.5 Å². The minimum atomic E-state index is -0.716. The van der Waals surface area contributed by atoms with Crippen LogP contribution in [0.15, 0.2) is 48.5 Å². The van der Waals surface area contributed by atoms with E-state index in [1.165, 1.54) is 0 Å². The molecule has 2 aliphatic rings. The van der Waals surface area contributed by atoms with Gasteiger partial charge in [-0.2, -0.15) is 0 Å². The van der Waals surface area contributed by atoms with E-state index in [9.17, 15) is 14.4 Å². The van der Waals surface area contributed by atoms with Crippen LogP contribution in [0.3, 0.4) is 0 Å². The highest BCUT2D eigenvalue weighted by atomic mass is 16.2. The number of carbonyl (C=O) groups is 3. The van der Waals surface area contributed by atoms with Crippen LogP contribution >= 0.6 is 0 Å². The van der Waals surface area contributed by atoms with Crippen molar-refractivity contribution >= 4 is 28.6 Å². The summed E-state index contributed by atoms with van der Waals surface area (Å²) >= 11 is 0. The highest BCUT2D eigenvalue weighted by Gasteiger charge is 2.49. The average Bonchev–Trinajstić information content (AvgIpc) is 3.41. The molecule has 1 aromatic heterocycles. The molecule has 0 aliphatic carbocycles. The molecule has 0 saturated heterocycles.